The molecule has 6 N–H and O–H groups in total. The zero-order valence-corrected chi connectivity index (χ0v) is 8.41. The first-order valence-electron chi connectivity index (χ1n) is 4.24. The third kappa shape index (κ3) is 2.94. The Morgan fingerprint density at radius 3 is 1.25 bits per heavy atom. The molecule has 0 fully saturated rings. The van der Waals surface area contributed by atoms with E-state index >= 15 is 0 Å². The highest BCUT2D eigenvalue weighted by Gasteiger charge is 2.41. The Morgan fingerprint density at radius 1 is 0.875 bits per heavy atom. The van der Waals surface area contributed by atoms with E-state index in [-0.39, 0.29) is 0 Å². The molecule has 90 valence electrons. The summed E-state index contributed by atoms with van der Waals surface area (Å²) in [4.78, 5) is 43.0. The fraction of sp³-hybridized carbons (Fsp3) is 0.500. The fourth-order valence-corrected chi connectivity index (χ4v) is 1.40. The summed E-state index contributed by atoms with van der Waals surface area (Å²) in [6.45, 7) is 1.12. The predicted molar refractivity (Wildman–Crippen MR) is 49.8 cm³/mol. The predicted octanol–water partition coefficient (Wildman–Crippen LogP) is -2.01. The SMILES string of the molecule is CC(C(C(N)=O)C(=O)O)C(C(N)=O)C(=O)O. The third-order valence-corrected chi connectivity index (χ3v) is 2.20. The van der Waals surface area contributed by atoms with Crippen LogP contribution in [-0.4, -0.2) is 34.0 Å². The van der Waals surface area contributed by atoms with Crippen LogP contribution in [0.15, 0.2) is 0 Å². The Bertz CT molecular complexity index is 279. The minimum absolute atomic E-state index is 1.12. The van der Waals surface area contributed by atoms with E-state index in [9.17, 15) is 19.2 Å². The molecular weight excluding hydrogens is 220 g/mol. The van der Waals surface area contributed by atoms with Gasteiger partial charge in [0, 0.05) is 5.92 Å². The van der Waals surface area contributed by atoms with Crippen LogP contribution < -0.4 is 11.5 Å². The molecule has 8 nitrogen and oxygen atoms in total. The Hall–Kier alpha value is -2.12. The highest BCUT2D eigenvalue weighted by molar-refractivity contribution is 6.01. The van der Waals surface area contributed by atoms with Crippen molar-refractivity contribution >= 4 is 23.8 Å². The minimum Gasteiger partial charge on any atom is -0.481 e. The molecule has 0 heterocycles. The van der Waals surface area contributed by atoms with Crippen molar-refractivity contribution in [3.63, 3.8) is 0 Å². The van der Waals surface area contributed by atoms with E-state index in [0.717, 1.165) is 6.92 Å². The fourth-order valence-electron chi connectivity index (χ4n) is 1.40. The van der Waals surface area contributed by atoms with Crippen molar-refractivity contribution in [2.24, 2.45) is 29.2 Å². The summed E-state index contributed by atoms with van der Waals surface area (Å²) < 4.78 is 0. The molecule has 2 amide bonds. The van der Waals surface area contributed by atoms with Crippen molar-refractivity contribution in [2.75, 3.05) is 0 Å². The maximum absolute atomic E-state index is 10.8. The summed E-state index contributed by atoms with van der Waals surface area (Å²) in [6.07, 6.45) is 0. The van der Waals surface area contributed by atoms with E-state index in [0.29, 0.717) is 0 Å². The maximum Gasteiger partial charge on any atom is 0.316 e. The topological polar surface area (TPSA) is 161 Å². The first kappa shape index (κ1) is 13.9. The molecule has 0 aliphatic carbocycles. The average Bonchev–Trinajstić information content (AvgIpc) is 1.99. The largest absolute Gasteiger partial charge is 0.481 e. The number of carboxylic acids is 2. The summed E-state index contributed by atoms with van der Waals surface area (Å²) in [6, 6.07) is 0. The van der Waals surface area contributed by atoms with Crippen LogP contribution in [0.2, 0.25) is 0 Å². The number of primary amides is 2. The summed E-state index contributed by atoms with van der Waals surface area (Å²) >= 11 is 0. The van der Waals surface area contributed by atoms with Crippen molar-refractivity contribution in [2.45, 2.75) is 6.92 Å². The van der Waals surface area contributed by atoms with E-state index in [1.54, 1.807) is 0 Å². The molecule has 0 aromatic heterocycles. The molecule has 2 atom stereocenters. The monoisotopic (exact) mass is 232 g/mol. The summed E-state index contributed by atoms with van der Waals surface area (Å²) in [5.41, 5.74) is 9.62. The number of carbonyl (C=O) groups excluding carboxylic acids is 2. The van der Waals surface area contributed by atoms with E-state index < -0.39 is 41.5 Å². The van der Waals surface area contributed by atoms with E-state index in [4.69, 9.17) is 21.7 Å². The van der Waals surface area contributed by atoms with Crippen molar-refractivity contribution < 1.29 is 29.4 Å². The molecule has 0 radical (unpaired) electrons. The van der Waals surface area contributed by atoms with Crippen LogP contribution >= 0.6 is 0 Å². The summed E-state index contributed by atoms with van der Waals surface area (Å²) in [7, 11) is 0. The van der Waals surface area contributed by atoms with Gasteiger partial charge in [-0.15, -0.1) is 0 Å². The van der Waals surface area contributed by atoms with Crippen LogP contribution in [0.3, 0.4) is 0 Å². The normalized spacial score (nSPS) is 15.8. The van der Waals surface area contributed by atoms with Gasteiger partial charge in [-0.3, -0.25) is 19.2 Å². The molecule has 0 spiro atoms. The van der Waals surface area contributed by atoms with Crippen LogP contribution in [0, 0.1) is 17.8 Å². The summed E-state index contributed by atoms with van der Waals surface area (Å²) in [5, 5.41) is 17.4. The molecule has 0 saturated carbocycles. The molecule has 0 aromatic rings. The Morgan fingerprint density at radius 2 is 1.12 bits per heavy atom. The maximum atomic E-state index is 10.8. The van der Waals surface area contributed by atoms with Gasteiger partial charge < -0.3 is 21.7 Å². The number of nitrogens with two attached hydrogens (primary N) is 2. The molecule has 0 aliphatic rings. The lowest BCUT2D eigenvalue weighted by Gasteiger charge is -2.21. The number of carboxylic acid groups (broad SMARTS) is 2. The molecule has 0 saturated heterocycles. The lowest BCUT2D eigenvalue weighted by atomic mass is 9.82. The first-order valence-corrected chi connectivity index (χ1v) is 4.24. The van der Waals surface area contributed by atoms with Gasteiger partial charge in [0.2, 0.25) is 11.8 Å². The van der Waals surface area contributed by atoms with Gasteiger partial charge in [0.25, 0.3) is 0 Å². The van der Waals surface area contributed by atoms with Gasteiger partial charge in [-0.1, -0.05) is 6.92 Å². The molecular formula is C8H12N2O6. The molecule has 0 bridgehead atoms. The number of hydrogen-bond acceptors (Lipinski definition) is 4. The molecule has 8 heteroatoms. The van der Waals surface area contributed by atoms with Crippen molar-refractivity contribution in [3.8, 4) is 0 Å². The second kappa shape index (κ2) is 5.10. The van der Waals surface area contributed by atoms with E-state index in [2.05, 4.69) is 0 Å². The first-order chi connectivity index (χ1) is 7.20. The zero-order valence-electron chi connectivity index (χ0n) is 8.41. The highest BCUT2D eigenvalue weighted by Crippen LogP contribution is 2.21. The van der Waals surface area contributed by atoms with Gasteiger partial charge in [-0.05, 0) is 0 Å². The summed E-state index contributed by atoms with van der Waals surface area (Å²) in [5.74, 6) is -10.5. The van der Waals surface area contributed by atoms with E-state index in [1.165, 1.54) is 0 Å². The lowest BCUT2D eigenvalue weighted by molar-refractivity contribution is -0.154. The number of rotatable bonds is 6. The van der Waals surface area contributed by atoms with Gasteiger partial charge in [0.1, 0.15) is 11.8 Å². The van der Waals surface area contributed by atoms with Crippen LogP contribution in [0.4, 0.5) is 0 Å². The zero-order chi connectivity index (χ0) is 13.0. The Kier molecular flexibility index (Phi) is 4.42. The van der Waals surface area contributed by atoms with Gasteiger partial charge >= 0.3 is 11.9 Å². The lowest BCUT2D eigenvalue weighted by Crippen LogP contribution is -2.44. The second-order valence-corrected chi connectivity index (χ2v) is 3.30. The average molecular weight is 232 g/mol. The van der Waals surface area contributed by atoms with E-state index in [1.807, 2.05) is 0 Å². The molecule has 0 rings (SSSR count). The Labute approximate surface area is 90.2 Å². The van der Waals surface area contributed by atoms with Crippen LogP contribution in [0.1, 0.15) is 6.92 Å². The quantitative estimate of drug-likeness (QED) is 0.387. The Balaban J connectivity index is 5.18. The van der Waals surface area contributed by atoms with Crippen LogP contribution in [0.25, 0.3) is 0 Å². The standard InChI is InChI=1S/C8H12N2O6/c1-2(3(5(9)11)7(13)14)4(6(10)12)8(15)16/h2-4H,1H3,(H2,9,11)(H2,10,12)(H,13,14)(H,15,16). The number of carbonyl (C=O) groups is 4. The molecule has 16 heavy (non-hydrogen) atoms. The third-order valence-electron chi connectivity index (χ3n) is 2.20. The smallest absolute Gasteiger partial charge is 0.316 e. The number of hydrogen-bond donors (Lipinski definition) is 4. The molecule has 0 aromatic carbocycles. The van der Waals surface area contributed by atoms with Gasteiger partial charge in [0.15, 0.2) is 0 Å². The minimum atomic E-state index is -1.77. The molecule has 0 aliphatic heterocycles. The molecule has 2 unspecified atom stereocenters. The van der Waals surface area contributed by atoms with Gasteiger partial charge in [0.05, 0.1) is 0 Å². The van der Waals surface area contributed by atoms with Gasteiger partial charge in [-0.2, -0.15) is 0 Å². The van der Waals surface area contributed by atoms with Crippen molar-refractivity contribution in [3.05, 3.63) is 0 Å². The van der Waals surface area contributed by atoms with Crippen LogP contribution in [-0.2, 0) is 19.2 Å². The second-order valence-electron chi connectivity index (χ2n) is 3.30. The van der Waals surface area contributed by atoms with Gasteiger partial charge in [-0.25, -0.2) is 0 Å². The number of aliphatic carboxylic acids is 2. The number of amides is 2. The highest BCUT2D eigenvalue weighted by atomic mass is 16.4. The van der Waals surface area contributed by atoms with Crippen LogP contribution in [0.5, 0.6) is 0 Å². The van der Waals surface area contributed by atoms with Crippen molar-refractivity contribution in [1.82, 2.24) is 0 Å². The van der Waals surface area contributed by atoms with Crippen molar-refractivity contribution in [1.29, 1.82) is 0 Å².